The van der Waals surface area contributed by atoms with Crippen LogP contribution in [0.25, 0.3) is 0 Å². The van der Waals surface area contributed by atoms with E-state index in [9.17, 15) is 15.1 Å². The summed E-state index contributed by atoms with van der Waals surface area (Å²) < 4.78 is 40.9. The molecular weight excluding hydrogens is 719 g/mol. The summed E-state index contributed by atoms with van der Waals surface area (Å²) in [6.07, 6.45) is 0. The first-order valence-electron chi connectivity index (χ1n) is 12.8. The zero-order chi connectivity index (χ0) is 30.7. The van der Waals surface area contributed by atoms with Gasteiger partial charge in [0.15, 0.2) is 14.7 Å². The van der Waals surface area contributed by atoms with Crippen LogP contribution in [0.2, 0.25) is 0 Å². The molecule has 0 aliphatic heterocycles. The molecule has 3 rings (SSSR count). The minimum absolute atomic E-state index is 0.0786. The summed E-state index contributed by atoms with van der Waals surface area (Å²) in [7, 11) is -5.32. The van der Waals surface area contributed by atoms with Crippen LogP contribution >= 0.6 is 7.82 Å². The fourth-order valence-electron chi connectivity index (χ4n) is 4.27. The van der Waals surface area contributed by atoms with Gasteiger partial charge in [0.1, 0.15) is 10.9 Å². The van der Waals surface area contributed by atoms with Crippen molar-refractivity contribution in [2.45, 2.75) is 93.2 Å². The number of phosphoric acid groups is 1. The van der Waals surface area contributed by atoms with Crippen LogP contribution in [0.4, 0.5) is 0 Å². The number of hydrogen-bond acceptors (Lipinski definition) is 5. The molecule has 0 atom stereocenters. The molecule has 0 saturated carbocycles. The van der Waals surface area contributed by atoms with Gasteiger partial charge in [0.2, 0.25) is 0 Å². The fourth-order valence-corrected chi connectivity index (χ4v) is 10.2. The van der Waals surface area contributed by atoms with E-state index in [4.69, 9.17) is 9.79 Å². The van der Waals surface area contributed by atoms with E-state index in [2.05, 4.69) is 138 Å². The Balaban J connectivity index is 0.000000536. The van der Waals surface area contributed by atoms with Crippen molar-refractivity contribution in [2.75, 3.05) is 0 Å². The van der Waals surface area contributed by atoms with Crippen LogP contribution in [0.5, 0.6) is 0 Å². The van der Waals surface area contributed by atoms with Gasteiger partial charge in [0.25, 0.3) is 0 Å². The summed E-state index contributed by atoms with van der Waals surface area (Å²) in [5.41, 5.74) is 4.54. The Morgan fingerprint density at radius 3 is 1.05 bits per heavy atom. The third kappa shape index (κ3) is 10.0. The van der Waals surface area contributed by atoms with Crippen LogP contribution in [-0.2, 0) is 58.4 Å². The van der Waals surface area contributed by atoms with E-state index in [1.807, 2.05) is 0 Å². The number of rotatable bonds is 5. The molecule has 0 fully saturated rings. The molecule has 0 spiro atoms. The van der Waals surface area contributed by atoms with Gasteiger partial charge in [-0.1, -0.05) is 117 Å². The number of benzene rings is 3. The molecule has 2 N–H and O–H groups in total. The second kappa shape index (κ2) is 12.7. The Labute approximate surface area is 245 Å². The normalized spacial score (nSPS) is 13.1. The molecule has 0 radical (unpaired) electrons. The first-order chi connectivity index (χ1) is 18.0. The minimum atomic E-state index is -6.44. The Morgan fingerprint density at radius 2 is 0.875 bits per heavy atom. The summed E-state index contributed by atoms with van der Waals surface area (Å²) in [5, 5.41) is 0. The molecule has 0 aliphatic rings. The quantitative estimate of drug-likeness (QED) is 0.217. The maximum absolute atomic E-state index is 9.57. The molecule has 10 heteroatoms. The number of hydrogen-bond donors (Lipinski definition) is 2. The predicted molar refractivity (Wildman–Crippen MR) is 152 cm³/mol. The van der Waals surface area contributed by atoms with Gasteiger partial charge in [-0.05, 0) is 34.4 Å². The van der Waals surface area contributed by atoms with E-state index in [0.717, 1.165) is 0 Å². The Bertz CT molecular complexity index is 1320. The van der Waals surface area contributed by atoms with Gasteiger partial charge >= 0.3 is 52.7 Å². The van der Waals surface area contributed by atoms with Crippen molar-refractivity contribution in [1.29, 1.82) is 0 Å². The third-order valence-electron chi connectivity index (χ3n) is 5.93. The summed E-state index contributed by atoms with van der Waals surface area (Å²) >= 11 is -6.44. The average Bonchev–Trinajstić information content (AvgIpc) is 2.76. The summed E-state index contributed by atoms with van der Waals surface area (Å²) in [5.74, 6) is 0. The van der Waals surface area contributed by atoms with Crippen molar-refractivity contribution < 1.29 is 44.8 Å². The monoisotopic (exact) mass is 760 g/mol. The van der Waals surface area contributed by atoms with Gasteiger partial charge in [-0.2, -0.15) is 0 Å². The van der Waals surface area contributed by atoms with Crippen LogP contribution in [0.1, 0.15) is 79.0 Å². The molecule has 220 valence electrons. The molecule has 7 nitrogen and oxygen atoms in total. The first kappa shape index (κ1) is 34.6. The maximum atomic E-state index is 9.57. The fraction of sp³-hybridized carbons (Fsp3) is 0.400. The Kier molecular flexibility index (Phi) is 11.0. The molecule has 0 unspecified atom stereocenters. The van der Waals surface area contributed by atoms with Gasteiger partial charge in [0.05, 0.1) is 0 Å². The summed E-state index contributed by atoms with van der Waals surface area (Å²) in [6, 6.07) is 27.3. The molecule has 0 bridgehead atoms. The second-order valence-electron chi connectivity index (χ2n) is 12.5. The van der Waals surface area contributed by atoms with Gasteiger partial charge in [-0.25, -0.2) is 0 Å². The Morgan fingerprint density at radius 1 is 0.625 bits per heavy atom. The van der Waals surface area contributed by atoms with E-state index in [1.54, 1.807) is 0 Å². The van der Waals surface area contributed by atoms with E-state index in [1.165, 1.54) is 31.4 Å². The molecule has 3 aromatic carbocycles. The van der Waals surface area contributed by atoms with Crippen molar-refractivity contribution in [2.24, 2.45) is 0 Å². The third-order valence-corrected chi connectivity index (χ3v) is 12.8. The average molecular weight is 761 g/mol. The Hall–Kier alpha value is -1.63. The summed E-state index contributed by atoms with van der Waals surface area (Å²) in [6.45, 7) is 21.0. The van der Waals surface area contributed by atoms with Crippen LogP contribution in [-0.4, -0.2) is 9.79 Å². The van der Waals surface area contributed by atoms with Crippen LogP contribution in [0, 0.1) is 0 Å². The van der Waals surface area contributed by atoms with E-state index >= 15 is 0 Å². The van der Waals surface area contributed by atoms with Crippen molar-refractivity contribution in [3.8, 4) is 0 Å². The van der Waals surface area contributed by atoms with Crippen molar-refractivity contribution >= 4 is 18.7 Å². The molecule has 3 aromatic rings. The van der Waals surface area contributed by atoms with E-state index < -0.39 is 24.6 Å². The standard InChI is InChI=1S/C30H39S.H3O4P.3O.W/c1-28(2,3)22-16-10-13-19-25(22)31(26-20-14-11-17-23(26)29(4,5)6)27-21-15-12-18-24(27)30(7,8)9;1-5(2,3)4;;;;/h10-21H,1-9H3;(H3,1,2,3,4);;;;/q+1;;;;-1;+1/p-1. The van der Waals surface area contributed by atoms with Crippen LogP contribution in [0.15, 0.2) is 87.5 Å². The molecule has 0 aromatic heterocycles. The van der Waals surface area contributed by atoms with Crippen molar-refractivity contribution in [1.82, 2.24) is 0 Å². The zero-order valence-electron chi connectivity index (χ0n) is 24.6. The summed E-state index contributed by atoms with van der Waals surface area (Å²) in [4.78, 5) is 19.7. The first-order valence-corrected chi connectivity index (χ1v) is 20.3. The van der Waals surface area contributed by atoms with E-state index in [-0.39, 0.29) is 27.1 Å². The van der Waals surface area contributed by atoms with E-state index in [0.29, 0.717) is 0 Å². The molecular formula is C30H41O7PSW. The van der Waals surface area contributed by atoms with Gasteiger partial charge in [-0.3, -0.25) is 0 Å². The molecule has 0 saturated heterocycles. The zero-order valence-corrected chi connectivity index (χ0v) is 29.3. The van der Waals surface area contributed by atoms with Crippen molar-refractivity contribution in [3.05, 3.63) is 89.5 Å². The van der Waals surface area contributed by atoms with Crippen LogP contribution in [0.3, 0.4) is 0 Å². The molecule has 0 amide bonds. The topological polar surface area (TPSA) is 124 Å². The van der Waals surface area contributed by atoms with Gasteiger partial charge in [-0.15, -0.1) is 0 Å². The van der Waals surface area contributed by atoms with Crippen molar-refractivity contribution in [3.63, 3.8) is 0 Å². The molecule has 0 heterocycles. The van der Waals surface area contributed by atoms with Crippen LogP contribution < -0.4 is 3.76 Å². The van der Waals surface area contributed by atoms with Gasteiger partial charge < -0.3 is 0 Å². The predicted octanol–water partition coefficient (Wildman–Crippen LogP) is 6.81. The second-order valence-corrected chi connectivity index (χ2v) is 20.1. The SMILES string of the molecule is CC(C)(C)c1ccccc1[S+](c1ccccc1C(C)(C)C)c1ccccc1C(C)(C)C.O=P(O)(O)[O][W](=[O])(=[O])[O-]. The molecule has 0 aliphatic carbocycles. The van der Waals surface area contributed by atoms with Gasteiger partial charge in [0, 0.05) is 16.7 Å². The molecule has 40 heavy (non-hydrogen) atoms.